The molecule has 2 aromatic carbocycles. The molecule has 0 fully saturated rings. The normalized spacial score (nSPS) is 12.8. The maximum atomic E-state index is 12.9. The Morgan fingerprint density at radius 2 is 1.69 bits per heavy atom. The lowest BCUT2D eigenvalue weighted by atomic mass is 10.0. The van der Waals surface area contributed by atoms with Gasteiger partial charge < -0.3 is 9.84 Å². The van der Waals surface area contributed by atoms with Gasteiger partial charge in [-0.15, -0.1) is 0 Å². The third-order valence-electron chi connectivity index (χ3n) is 3.29. The lowest BCUT2D eigenvalue weighted by Crippen LogP contribution is -2.26. The number of ketones is 1. The monoisotopic (exact) mass is 427 g/mol. The topological polar surface area (TPSA) is 58.9 Å². The quantitative estimate of drug-likeness (QED) is 0.402. The van der Waals surface area contributed by atoms with E-state index in [0.29, 0.717) is 17.7 Å². The second-order valence-electron chi connectivity index (χ2n) is 5.05. The van der Waals surface area contributed by atoms with Gasteiger partial charge >= 0.3 is 6.18 Å². The van der Waals surface area contributed by atoms with Crippen LogP contribution in [0.4, 0.5) is 18.9 Å². The summed E-state index contributed by atoms with van der Waals surface area (Å²) in [5, 5.41) is 10.2. The number of Topliss-reactive ketones (excluding diaryl/α,β-unsaturated/α-hetero) is 1. The van der Waals surface area contributed by atoms with Crippen LogP contribution in [0.15, 0.2) is 63.6 Å². The van der Waals surface area contributed by atoms with E-state index in [1.165, 1.54) is 31.4 Å². The first kappa shape index (κ1) is 19.7. The molecule has 0 aliphatic rings. The Kier molecular flexibility index (Phi) is 6.20. The van der Waals surface area contributed by atoms with Crippen molar-refractivity contribution in [1.82, 2.24) is 0 Å². The van der Waals surface area contributed by atoms with Crippen molar-refractivity contribution in [1.29, 1.82) is 0 Å². The number of hydrogen-bond donors (Lipinski definition) is 1. The molecule has 4 nitrogen and oxygen atoms in total. The zero-order valence-electron chi connectivity index (χ0n) is 13.4. The van der Waals surface area contributed by atoms with Crippen LogP contribution in [-0.4, -0.2) is 30.4 Å². The summed E-state index contributed by atoms with van der Waals surface area (Å²) in [5.74, 6) is -2.56. The van der Waals surface area contributed by atoms with Crippen LogP contribution in [-0.2, 0) is 4.79 Å². The van der Waals surface area contributed by atoms with E-state index in [2.05, 4.69) is 20.9 Å². The third-order valence-corrected chi connectivity index (χ3v) is 3.82. The van der Waals surface area contributed by atoms with Gasteiger partial charge in [-0.25, -0.2) is 0 Å². The summed E-state index contributed by atoms with van der Waals surface area (Å²) in [5.41, 5.74) is -0.602. The van der Waals surface area contributed by atoms with E-state index in [-0.39, 0.29) is 5.56 Å². The first-order chi connectivity index (χ1) is 12.2. The predicted molar refractivity (Wildman–Crippen MR) is 95.9 cm³/mol. The number of nitrogens with zero attached hydrogens (tertiary/aromatic N) is 1. The highest BCUT2D eigenvalue weighted by Crippen LogP contribution is 2.26. The fourth-order valence-corrected chi connectivity index (χ4v) is 2.21. The molecular weight excluding hydrogens is 415 g/mol. The number of aliphatic hydroxyl groups is 1. The third kappa shape index (κ3) is 4.95. The summed E-state index contributed by atoms with van der Waals surface area (Å²) < 4.78 is 44.4. The number of methoxy groups -OCH3 is 1. The van der Waals surface area contributed by atoms with Crippen LogP contribution >= 0.6 is 15.9 Å². The van der Waals surface area contributed by atoms with Crippen molar-refractivity contribution in [2.45, 2.75) is 6.18 Å². The van der Waals surface area contributed by atoms with Gasteiger partial charge in [-0.1, -0.05) is 15.9 Å². The summed E-state index contributed by atoms with van der Waals surface area (Å²) in [6.45, 7) is 0. The second kappa shape index (κ2) is 8.18. The van der Waals surface area contributed by atoms with Crippen molar-refractivity contribution >= 4 is 39.4 Å². The average Bonchev–Trinajstić information content (AvgIpc) is 2.62. The Morgan fingerprint density at radius 1 is 1.12 bits per heavy atom. The minimum atomic E-state index is -5.15. The van der Waals surface area contributed by atoms with E-state index in [9.17, 15) is 23.1 Å². The van der Waals surface area contributed by atoms with E-state index in [0.717, 1.165) is 4.47 Å². The molecular formula is C18H13BrF3NO3. The summed E-state index contributed by atoms with van der Waals surface area (Å²) >= 11 is 3.23. The molecule has 0 heterocycles. The van der Waals surface area contributed by atoms with E-state index < -0.39 is 23.3 Å². The molecule has 136 valence electrons. The zero-order chi connectivity index (χ0) is 19.3. The summed E-state index contributed by atoms with van der Waals surface area (Å²) in [6, 6.07) is 12.0. The number of carbonyl (C=O) groups is 1. The molecule has 0 aliphatic carbocycles. The van der Waals surface area contributed by atoms with Crippen LogP contribution in [0.5, 0.6) is 5.75 Å². The van der Waals surface area contributed by atoms with Gasteiger partial charge in [-0.2, -0.15) is 13.2 Å². The van der Waals surface area contributed by atoms with Crippen LogP contribution in [0.3, 0.4) is 0 Å². The molecule has 0 bridgehead atoms. The number of rotatable bonds is 5. The van der Waals surface area contributed by atoms with Gasteiger partial charge in [0.2, 0.25) is 0 Å². The number of allylic oxidation sites excluding steroid dienone is 1. The van der Waals surface area contributed by atoms with Crippen LogP contribution < -0.4 is 4.74 Å². The smallest absolute Gasteiger partial charge is 0.455 e. The minimum Gasteiger partial charge on any atom is -0.506 e. The fraction of sp³-hybridized carbons (Fsp3) is 0.111. The SMILES string of the molecule is COc1ccc(/C(O)=C(/C=Nc2ccc(Br)cc2)C(=O)C(F)(F)F)cc1. The number of halogens is 4. The maximum Gasteiger partial charge on any atom is 0.455 e. The van der Waals surface area contributed by atoms with Crippen LogP contribution in [0.1, 0.15) is 5.56 Å². The first-order valence-corrected chi connectivity index (χ1v) is 8.00. The van der Waals surface area contributed by atoms with E-state index in [4.69, 9.17) is 4.74 Å². The van der Waals surface area contributed by atoms with Gasteiger partial charge in [0.1, 0.15) is 11.5 Å². The molecule has 0 saturated heterocycles. The number of benzene rings is 2. The van der Waals surface area contributed by atoms with Gasteiger partial charge in [0.25, 0.3) is 5.78 Å². The number of hydrogen-bond acceptors (Lipinski definition) is 4. The maximum absolute atomic E-state index is 12.9. The largest absolute Gasteiger partial charge is 0.506 e. The fourth-order valence-electron chi connectivity index (χ4n) is 1.95. The van der Waals surface area contributed by atoms with Crippen molar-refractivity contribution in [3.05, 3.63) is 64.1 Å². The lowest BCUT2D eigenvalue weighted by molar-refractivity contribution is -0.165. The average molecular weight is 428 g/mol. The summed E-state index contributed by atoms with van der Waals surface area (Å²) in [6.07, 6.45) is -4.44. The number of ether oxygens (including phenoxy) is 1. The number of alkyl halides is 3. The standard InChI is InChI=1S/C18H13BrF3NO3/c1-26-14-8-2-11(3-9-14)16(24)15(17(25)18(20,21)22)10-23-13-6-4-12(19)5-7-13/h2-10,24H,1H3/b16-15+,23-10?. The predicted octanol–water partition coefficient (Wildman–Crippen LogP) is 5.26. The minimum absolute atomic E-state index is 0.0284. The van der Waals surface area contributed by atoms with Gasteiger partial charge in [0.15, 0.2) is 0 Å². The number of aliphatic imine (C=N–C) groups is 1. The van der Waals surface area contributed by atoms with Gasteiger partial charge in [0.05, 0.1) is 18.4 Å². The van der Waals surface area contributed by atoms with E-state index >= 15 is 0 Å². The van der Waals surface area contributed by atoms with Crippen molar-refractivity contribution < 1.29 is 27.8 Å². The summed E-state index contributed by atoms with van der Waals surface area (Å²) in [7, 11) is 1.42. The molecule has 0 aliphatic heterocycles. The van der Waals surface area contributed by atoms with Crippen LogP contribution in [0.25, 0.3) is 5.76 Å². The van der Waals surface area contributed by atoms with Gasteiger partial charge in [-0.3, -0.25) is 9.79 Å². The molecule has 0 saturated carbocycles. The van der Waals surface area contributed by atoms with Gasteiger partial charge in [0, 0.05) is 16.3 Å². The van der Waals surface area contributed by atoms with Crippen LogP contribution in [0, 0.1) is 0 Å². The Labute approximate surface area is 155 Å². The Bertz CT molecular complexity index is 841. The Balaban J connectivity index is 2.48. The zero-order valence-corrected chi connectivity index (χ0v) is 15.0. The summed E-state index contributed by atoms with van der Waals surface area (Å²) in [4.78, 5) is 15.6. The lowest BCUT2D eigenvalue weighted by Gasteiger charge is -2.09. The highest BCUT2D eigenvalue weighted by Gasteiger charge is 2.41. The molecule has 8 heteroatoms. The highest BCUT2D eigenvalue weighted by atomic mass is 79.9. The molecule has 0 spiro atoms. The first-order valence-electron chi connectivity index (χ1n) is 7.21. The van der Waals surface area contributed by atoms with Gasteiger partial charge in [-0.05, 0) is 48.5 Å². The molecule has 0 atom stereocenters. The molecule has 0 radical (unpaired) electrons. The van der Waals surface area contributed by atoms with Crippen molar-refractivity contribution in [2.75, 3.05) is 7.11 Å². The molecule has 0 unspecified atom stereocenters. The van der Waals surface area contributed by atoms with E-state index in [1.54, 1.807) is 24.3 Å². The Hall–Kier alpha value is -2.61. The van der Waals surface area contributed by atoms with Crippen LogP contribution in [0.2, 0.25) is 0 Å². The van der Waals surface area contributed by atoms with Crippen molar-refractivity contribution in [3.8, 4) is 5.75 Å². The molecule has 2 rings (SSSR count). The van der Waals surface area contributed by atoms with Crippen molar-refractivity contribution in [2.24, 2.45) is 4.99 Å². The molecule has 1 N–H and O–H groups in total. The molecule has 0 aromatic heterocycles. The van der Waals surface area contributed by atoms with Crippen molar-refractivity contribution in [3.63, 3.8) is 0 Å². The Morgan fingerprint density at radius 3 is 2.19 bits per heavy atom. The van der Waals surface area contributed by atoms with E-state index in [1.807, 2.05) is 0 Å². The highest BCUT2D eigenvalue weighted by molar-refractivity contribution is 9.10. The molecule has 0 amide bonds. The second-order valence-corrected chi connectivity index (χ2v) is 5.97. The molecule has 2 aromatic rings. The molecule has 26 heavy (non-hydrogen) atoms. The number of aliphatic hydroxyl groups excluding tert-OH is 1. The number of carbonyl (C=O) groups excluding carboxylic acids is 1.